The molecule has 2 fully saturated rings. The number of ether oxygens (including phenoxy) is 2. The van der Waals surface area contributed by atoms with Gasteiger partial charge in [-0.25, -0.2) is 0 Å². The van der Waals surface area contributed by atoms with Crippen molar-refractivity contribution in [1.29, 1.82) is 0 Å². The van der Waals surface area contributed by atoms with Crippen LogP contribution in [-0.4, -0.2) is 60.9 Å². The molecule has 1 amide bonds. The predicted molar refractivity (Wildman–Crippen MR) is 66.7 cm³/mol. The average Bonchev–Trinajstić information content (AvgIpc) is 3.05. The fraction of sp³-hybridized carbons (Fsp3) is 0.846. The number of carboxylic acid groups (broad SMARTS) is 1. The van der Waals surface area contributed by atoms with Crippen molar-refractivity contribution in [2.45, 2.75) is 31.8 Å². The maximum absolute atomic E-state index is 11.8. The summed E-state index contributed by atoms with van der Waals surface area (Å²) in [6, 6.07) is 0. The molecule has 19 heavy (non-hydrogen) atoms. The second-order valence-corrected chi connectivity index (χ2v) is 5.12. The summed E-state index contributed by atoms with van der Waals surface area (Å²) in [7, 11) is 0. The molecule has 0 unspecified atom stereocenters. The molecule has 0 aliphatic carbocycles. The van der Waals surface area contributed by atoms with Gasteiger partial charge in [-0.1, -0.05) is 0 Å². The van der Waals surface area contributed by atoms with Gasteiger partial charge in [0.15, 0.2) is 0 Å². The lowest BCUT2D eigenvalue weighted by Crippen LogP contribution is -2.30. The van der Waals surface area contributed by atoms with E-state index in [0.717, 1.165) is 19.4 Å². The number of carbonyl (C=O) groups is 2. The van der Waals surface area contributed by atoms with Crippen LogP contribution in [0.3, 0.4) is 0 Å². The molecular weight excluding hydrogens is 250 g/mol. The number of rotatable bonds is 6. The summed E-state index contributed by atoms with van der Waals surface area (Å²) in [5.41, 5.74) is 0. The highest BCUT2D eigenvalue weighted by Gasteiger charge is 2.30. The van der Waals surface area contributed by atoms with E-state index in [1.165, 1.54) is 0 Å². The van der Waals surface area contributed by atoms with E-state index in [1.807, 2.05) is 0 Å². The number of hydrogen-bond acceptors (Lipinski definition) is 4. The van der Waals surface area contributed by atoms with E-state index < -0.39 is 11.9 Å². The molecule has 0 bridgehead atoms. The summed E-state index contributed by atoms with van der Waals surface area (Å²) in [6.07, 6.45) is 3.16. The Balaban J connectivity index is 1.58. The van der Waals surface area contributed by atoms with Crippen molar-refractivity contribution in [1.82, 2.24) is 4.90 Å². The van der Waals surface area contributed by atoms with Crippen LogP contribution in [-0.2, 0) is 19.1 Å². The molecule has 0 radical (unpaired) electrons. The number of carbonyl (C=O) groups excluding carboxylic acids is 1. The topological polar surface area (TPSA) is 76.1 Å². The van der Waals surface area contributed by atoms with Crippen molar-refractivity contribution in [3.63, 3.8) is 0 Å². The van der Waals surface area contributed by atoms with Gasteiger partial charge < -0.3 is 19.5 Å². The SMILES string of the molecule is O=C(O)[C@H]1CCN(C(=O)CCOC[C@H]2CCCO2)C1. The van der Waals surface area contributed by atoms with Crippen LogP contribution in [0.4, 0.5) is 0 Å². The normalized spacial score (nSPS) is 26.8. The Hall–Kier alpha value is -1.14. The van der Waals surface area contributed by atoms with Gasteiger partial charge in [0.1, 0.15) is 0 Å². The minimum absolute atomic E-state index is 0.0175. The summed E-state index contributed by atoms with van der Waals surface area (Å²) in [5, 5.41) is 8.87. The van der Waals surface area contributed by atoms with Crippen molar-refractivity contribution in [2.24, 2.45) is 5.92 Å². The minimum atomic E-state index is -0.815. The zero-order chi connectivity index (χ0) is 13.7. The Bertz CT molecular complexity index is 327. The van der Waals surface area contributed by atoms with Gasteiger partial charge in [-0.3, -0.25) is 9.59 Å². The quantitative estimate of drug-likeness (QED) is 0.712. The Labute approximate surface area is 112 Å². The van der Waals surface area contributed by atoms with Gasteiger partial charge in [0.05, 0.1) is 31.7 Å². The summed E-state index contributed by atoms with van der Waals surface area (Å²) in [6.45, 7) is 2.61. The Morgan fingerprint density at radius 2 is 2.21 bits per heavy atom. The van der Waals surface area contributed by atoms with Crippen molar-refractivity contribution in [2.75, 3.05) is 32.9 Å². The van der Waals surface area contributed by atoms with Gasteiger partial charge in [0.25, 0.3) is 0 Å². The number of nitrogens with zero attached hydrogens (tertiary/aromatic N) is 1. The summed E-state index contributed by atoms with van der Waals surface area (Å²) in [5.74, 6) is -1.24. The highest BCUT2D eigenvalue weighted by atomic mass is 16.5. The molecule has 6 heteroatoms. The average molecular weight is 271 g/mol. The minimum Gasteiger partial charge on any atom is -0.481 e. The van der Waals surface area contributed by atoms with E-state index in [0.29, 0.717) is 39.1 Å². The number of amides is 1. The molecule has 2 rings (SSSR count). The van der Waals surface area contributed by atoms with Crippen molar-refractivity contribution in [3.05, 3.63) is 0 Å². The van der Waals surface area contributed by atoms with Crippen LogP contribution in [0.5, 0.6) is 0 Å². The molecule has 108 valence electrons. The molecule has 2 aliphatic heterocycles. The first-order valence-corrected chi connectivity index (χ1v) is 6.86. The second kappa shape index (κ2) is 6.86. The smallest absolute Gasteiger partial charge is 0.308 e. The highest BCUT2D eigenvalue weighted by Crippen LogP contribution is 2.17. The fourth-order valence-electron chi connectivity index (χ4n) is 2.50. The van der Waals surface area contributed by atoms with Crippen LogP contribution in [0.25, 0.3) is 0 Å². The van der Waals surface area contributed by atoms with Crippen LogP contribution < -0.4 is 0 Å². The maximum Gasteiger partial charge on any atom is 0.308 e. The zero-order valence-electron chi connectivity index (χ0n) is 11.0. The zero-order valence-corrected chi connectivity index (χ0v) is 11.0. The van der Waals surface area contributed by atoms with Crippen molar-refractivity contribution >= 4 is 11.9 Å². The Morgan fingerprint density at radius 1 is 1.37 bits per heavy atom. The van der Waals surface area contributed by atoms with Gasteiger partial charge in [-0.05, 0) is 19.3 Å². The van der Waals surface area contributed by atoms with E-state index >= 15 is 0 Å². The molecule has 0 aromatic rings. The molecule has 6 nitrogen and oxygen atoms in total. The predicted octanol–water partition coefficient (Wildman–Crippen LogP) is 0.505. The molecule has 2 aliphatic rings. The molecule has 2 saturated heterocycles. The van der Waals surface area contributed by atoms with Crippen LogP contribution in [0.2, 0.25) is 0 Å². The maximum atomic E-state index is 11.8. The largest absolute Gasteiger partial charge is 0.481 e. The molecular formula is C13H21NO5. The van der Waals surface area contributed by atoms with E-state index in [9.17, 15) is 9.59 Å². The summed E-state index contributed by atoms with van der Waals surface area (Å²) < 4.78 is 10.8. The number of carboxylic acids is 1. The van der Waals surface area contributed by atoms with Gasteiger partial charge in [-0.15, -0.1) is 0 Å². The van der Waals surface area contributed by atoms with E-state index in [-0.39, 0.29) is 12.0 Å². The third-order valence-corrected chi connectivity index (χ3v) is 3.68. The monoisotopic (exact) mass is 271 g/mol. The Morgan fingerprint density at radius 3 is 2.84 bits per heavy atom. The molecule has 0 aromatic heterocycles. The van der Waals surface area contributed by atoms with Crippen LogP contribution >= 0.6 is 0 Å². The van der Waals surface area contributed by atoms with E-state index in [1.54, 1.807) is 4.90 Å². The number of hydrogen-bond donors (Lipinski definition) is 1. The van der Waals surface area contributed by atoms with Crippen LogP contribution in [0, 0.1) is 5.92 Å². The lowest BCUT2D eigenvalue weighted by molar-refractivity contribution is -0.141. The molecule has 2 atom stereocenters. The molecule has 0 saturated carbocycles. The summed E-state index contributed by atoms with van der Waals surface area (Å²) >= 11 is 0. The Kier molecular flexibility index (Phi) is 5.15. The third-order valence-electron chi connectivity index (χ3n) is 3.68. The standard InChI is InChI=1S/C13H21NO5/c15-12(14-5-3-10(8-14)13(16)17)4-7-18-9-11-2-1-6-19-11/h10-11H,1-9H2,(H,16,17)/t10-,11+/m0/s1. The first-order chi connectivity index (χ1) is 9.16. The van der Waals surface area contributed by atoms with Gasteiger partial charge in [0.2, 0.25) is 5.91 Å². The first-order valence-electron chi connectivity index (χ1n) is 6.86. The van der Waals surface area contributed by atoms with E-state index in [4.69, 9.17) is 14.6 Å². The first kappa shape index (κ1) is 14.3. The van der Waals surface area contributed by atoms with Gasteiger partial charge in [-0.2, -0.15) is 0 Å². The van der Waals surface area contributed by atoms with Crippen LogP contribution in [0.1, 0.15) is 25.7 Å². The lowest BCUT2D eigenvalue weighted by atomic mass is 10.1. The molecule has 2 heterocycles. The lowest BCUT2D eigenvalue weighted by Gasteiger charge is -2.16. The van der Waals surface area contributed by atoms with Crippen molar-refractivity contribution < 1.29 is 24.2 Å². The third kappa shape index (κ3) is 4.18. The number of likely N-dealkylation sites (tertiary alicyclic amines) is 1. The summed E-state index contributed by atoms with van der Waals surface area (Å²) in [4.78, 5) is 24.3. The second-order valence-electron chi connectivity index (χ2n) is 5.12. The molecule has 1 N–H and O–H groups in total. The van der Waals surface area contributed by atoms with Gasteiger partial charge >= 0.3 is 5.97 Å². The van der Waals surface area contributed by atoms with Gasteiger partial charge in [0, 0.05) is 19.7 Å². The molecule has 0 spiro atoms. The molecule has 0 aromatic carbocycles. The van der Waals surface area contributed by atoms with E-state index in [2.05, 4.69) is 0 Å². The fourth-order valence-corrected chi connectivity index (χ4v) is 2.50. The van der Waals surface area contributed by atoms with Crippen LogP contribution in [0.15, 0.2) is 0 Å². The van der Waals surface area contributed by atoms with Crippen molar-refractivity contribution in [3.8, 4) is 0 Å². The highest BCUT2D eigenvalue weighted by molar-refractivity contribution is 5.78. The number of aliphatic carboxylic acids is 1.